The van der Waals surface area contributed by atoms with Crippen LogP contribution < -0.4 is 0 Å². The first-order valence-corrected chi connectivity index (χ1v) is 4.66. The van der Waals surface area contributed by atoms with E-state index in [0.29, 0.717) is 0 Å². The van der Waals surface area contributed by atoms with Crippen LogP contribution in [0.1, 0.15) is 29.8 Å². The maximum Gasteiger partial charge on any atom is 0.416 e. The van der Waals surface area contributed by atoms with Crippen LogP contribution >= 0.6 is 11.6 Å². The fourth-order valence-corrected chi connectivity index (χ4v) is 0.935. The van der Waals surface area contributed by atoms with Crippen molar-refractivity contribution < 1.29 is 18.0 Å². The summed E-state index contributed by atoms with van der Waals surface area (Å²) in [7, 11) is 0. The van der Waals surface area contributed by atoms with E-state index in [-0.39, 0.29) is 5.56 Å². The first-order valence-electron chi connectivity index (χ1n) is 4.28. The molecule has 0 saturated carbocycles. The van der Waals surface area contributed by atoms with Crippen molar-refractivity contribution in [2.75, 3.05) is 0 Å². The van der Waals surface area contributed by atoms with Gasteiger partial charge in [-0.15, -0.1) is 0 Å². The van der Waals surface area contributed by atoms with Crippen molar-refractivity contribution in [3.63, 3.8) is 0 Å². The lowest BCUT2D eigenvalue weighted by atomic mass is 10.1. The van der Waals surface area contributed by atoms with Crippen molar-refractivity contribution in [2.24, 2.45) is 0 Å². The second-order valence-corrected chi connectivity index (χ2v) is 2.70. The largest absolute Gasteiger partial charge is 0.416 e. The Balaban J connectivity index is 0.000000921. The summed E-state index contributed by atoms with van der Waals surface area (Å²) in [5.41, 5.74) is -1.03. The Morgan fingerprint density at radius 1 is 1.27 bits per heavy atom. The lowest BCUT2D eigenvalue weighted by molar-refractivity contribution is -0.137. The second-order valence-electron chi connectivity index (χ2n) is 2.35. The van der Waals surface area contributed by atoms with Gasteiger partial charge in [0.05, 0.1) is 5.56 Å². The van der Waals surface area contributed by atoms with E-state index in [2.05, 4.69) is 0 Å². The van der Waals surface area contributed by atoms with Gasteiger partial charge in [-0.3, -0.25) is 4.79 Å². The topological polar surface area (TPSA) is 17.1 Å². The first kappa shape index (κ1) is 14.0. The van der Waals surface area contributed by atoms with E-state index >= 15 is 0 Å². The van der Waals surface area contributed by atoms with E-state index in [1.165, 1.54) is 6.07 Å². The van der Waals surface area contributed by atoms with Crippen LogP contribution in [0.3, 0.4) is 0 Å². The molecule has 0 amide bonds. The quantitative estimate of drug-likeness (QED) is 0.673. The molecule has 1 aromatic carbocycles. The van der Waals surface area contributed by atoms with E-state index in [9.17, 15) is 18.0 Å². The van der Waals surface area contributed by atoms with Crippen LogP contribution in [0, 0.1) is 0 Å². The van der Waals surface area contributed by atoms with Gasteiger partial charge >= 0.3 is 6.18 Å². The minimum Gasteiger partial charge on any atom is -0.276 e. The molecule has 1 rings (SSSR count). The van der Waals surface area contributed by atoms with Gasteiger partial charge < -0.3 is 0 Å². The van der Waals surface area contributed by atoms with Crippen molar-refractivity contribution in [1.82, 2.24) is 0 Å². The van der Waals surface area contributed by atoms with Crippen LogP contribution in [0.2, 0.25) is 0 Å². The van der Waals surface area contributed by atoms with Gasteiger partial charge in [0, 0.05) is 5.56 Å². The monoisotopic (exact) mass is 238 g/mol. The minimum atomic E-state index is -4.44. The average molecular weight is 239 g/mol. The molecule has 5 heteroatoms. The van der Waals surface area contributed by atoms with Crippen LogP contribution in [0.15, 0.2) is 24.3 Å². The maximum absolute atomic E-state index is 12.1. The summed E-state index contributed by atoms with van der Waals surface area (Å²) in [5, 5.41) is -0.897. The molecule has 0 fully saturated rings. The molecule has 0 N–H and O–H groups in total. The zero-order valence-electron chi connectivity index (χ0n) is 8.23. The zero-order chi connectivity index (χ0) is 12.1. The van der Waals surface area contributed by atoms with E-state index in [1.807, 2.05) is 13.8 Å². The van der Waals surface area contributed by atoms with Crippen molar-refractivity contribution >= 4 is 16.8 Å². The number of carbonyl (C=O) groups excluding carboxylic acids is 1. The van der Waals surface area contributed by atoms with Gasteiger partial charge in [-0.1, -0.05) is 26.0 Å². The minimum absolute atomic E-state index is 0.156. The highest BCUT2D eigenvalue weighted by Crippen LogP contribution is 2.29. The predicted octanol–water partition coefficient (Wildman–Crippen LogP) is 4.11. The molecule has 84 valence electrons. The Morgan fingerprint density at radius 3 is 2.20 bits per heavy atom. The van der Waals surface area contributed by atoms with Crippen LogP contribution in [0.25, 0.3) is 0 Å². The lowest BCUT2D eigenvalue weighted by Crippen LogP contribution is -2.05. The molecule has 0 saturated heterocycles. The van der Waals surface area contributed by atoms with Gasteiger partial charge in [0.25, 0.3) is 5.24 Å². The molecule has 15 heavy (non-hydrogen) atoms. The molecule has 0 aliphatic heterocycles. The van der Waals surface area contributed by atoms with Crippen molar-refractivity contribution in [3.05, 3.63) is 35.4 Å². The third-order valence-electron chi connectivity index (χ3n) is 1.42. The first-order chi connectivity index (χ1) is 6.91. The van der Waals surface area contributed by atoms with Crippen LogP contribution in [-0.2, 0) is 6.18 Å². The summed E-state index contributed by atoms with van der Waals surface area (Å²) < 4.78 is 36.2. The van der Waals surface area contributed by atoms with Gasteiger partial charge in [-0.2, -0.15) is 13.2 Å². The molecule has 0 radical (unpaired) electrons. The third-order valence-corrected chi connectivity index (χ3v) is 1.64. The van der Waals surface area contributed by atoms with Gasteiger partial charge in [0.15, 0.2) is 0 Å². The number of halogens is 4. The molecular weight excluding hydrogens is 229 g/mol. The summed E-state index contributed by atoms with van der Waals surface area (Å²) in [6, 6.07) is 3.96. The van der Waals surface area contributed by atoms with Crippen LogP contribution in [0.4, 0.5) is 13.2 Å². The molecule has 0 atom stereocenters. The predicted molar refractivity (Wildman–Crippen MR) is 53.0 cm³/mol. The summed E-state index contributed by atoms with van der Waals surface area (Å²) in [6.45, 7) is 4.00. The maximum atomic E-state index is 12.1. The fraction of sp³-hybridized carbons (Fsp3) is 0.300. The van der Waals surface area contributed by atoms with E-state index in [4.69, 9.17) is 11.6 Å². The Labute approximate surface area is 90.9 Å². The Kier molecular flexibility index (Phi) is 5.36. The molecule has 0 aliphatic rings. The van der Waals surface area contributed by atoms with Crippen LogP contribution in [0.5, 0.6) is 0 Å². The second kappa shape index (κ2) is 5.75. The van der Waals surface area contributed by atoms with Gasteiger partial charge in [-0.05, 0) is 23.7 Å². The molecule has 0 aliphatic carbocycles. The number of hydrogen-bond acceptors (Lipinski definition) is 1. The summed E-state index contributed by atoms with van der Waals surface area (Å²) >= 11 is 5.02. The standard InChI is InChI=1S/C8H4ClF3O.C2H6/c9-7(13)5-2-1-3-6(4-5)8(10,11)12;1-2/h1-4H;1-2H3. The number of carbonyl (C=O) groups is 1. The Bertz CT molecular complexity index is 334. The highest BCUT2D eigenvalue weighted by molar-refractivity contribution is 6.67. The zero-order valence-corrected chi connectivity index (χ0v) is 8.99. The normalized spacial score (nSPS) is 10.3. The lowest BCUT2D eigenvalue weighted by Gasteiger charge is -2.06. The van der Waals surface area contributed by atoms with E-state index in [1.54, 1.807) is 0 Å². The average Bonchev–Trinajstić information content (AvgIpc) is 2.20. The van der Waals surface area contributed by atoms with E-state index < -0.39 is 17.0 Å². The molecule has 1 aromatic rings. The molecule has 1 nitrogen and oxygen atoms in total. The van der Waals surface area contributed by atoms with Crippen molar-refractivity contribution in [3.8, 4) is 0 Å². The fourth-order valence-electron chi connectivity index (χ4n) is 0.818. The smallest absolute Gasteiger partial charge is 0.276 e. The number of rotatable bonds is 1. The number of alkyl halides is 3. The number of hydrogen-bond donors (Lipinski definition) is 0. The Hall–Kier alpha value is -1.03. The highest BCUT2D eigenvalue weighted by Gasteiger charge is 2.30. The third kappa shape index (κ3) is 4.34. The molecule has 0 bridgehead atoms. The van der Waals surface area contributed by atoms with Gasteiger partial charge in [-0.25, -0.2) is 0 Å². The summed E-state index contributed by atoms with van der Waals surface area (Å²) in [5.74, 6) is 0. The van der Waals surface area contributed by atoms with Crippen molar-refractivity contribution in [1.29, 1.82) is 0 Å². The summed E-state index contributed by atoms with van der Waals surface area (Å²) in [6.07, 6.45) is -4.44. The highest BCUT2D eigenvalue weighted by atomic mass is 35.5. The molecule has 0 unspecified atom stereocenters. The summed E-state index contributed by atoms with van der Waals surface area (Å²) in [4.78, 5) is 10.5. The number of benzene rings is 1. The Morgan fingerprint density at radius 2 is 1.80 bits per heavy atom. The SMILES string of the molecule is CC.O=C(Cl)c1cccc(C(F)(F)F)c1. The van der Waals surface area contributed by atoms with Gasteiger partial charge in [0.2, 0.25) is 0 Å². The molecular formula is C10H10ClF3O. The van der Waals surface area contributed by atoms with Crippen LogP contribution in [-0.4, -0.2) is 5.24 Å². The van der Waals surface area contributed by atoms with Crippen molar-refractivity contribution in [2.45, 2.75) is 20.0 Å². The van der Waals surface area contributed by atoms with E-state index in [0.717, 1.165) is 18.2 Å². The van der Waals surface area contributed by atoms with Gasteiger partial charge in [0.1, 0.15) is 0 Å². The molecule has 0 aromatic heterocycles. The molecule has 0 heterocycles. The molecule has 0 spiro atoms.